The molecule has 0 saturated heterocycles. The number of carbonyl (C=O) groups excluding carboxylic acids is 1. The molecule has 0 atom stereocenters. The van der Waals surface area contributed by atoms with Gasteiger partial charge >= 0.3 is 5.97 Å². The number of ether oxygens (including phenoxy) is 1. The van der Waals surface area contributed by atoms with E-state index in [1.54, 1.807) is 24.3 Å². The Bertz CT molecular complexity index is 354. The average molecular weight is 213 g/mol. The molecule has 1 rings (SSSR count). The summed E-state index contributed by atoms with van der Waals surface area (Å²) >= 11 is 5.67. The molecular weight excluding hydrogens is 204 g/mol. The Kier molecular flexibility index (Phi) is 3.54. The van der Waals surface area contributed by atoms with E-state index < -0.39 is 5.97 Å². The van der Waals surface area contributed by atoms with Gasteiger partial charge in [0, 0.05) is 5.02 Å². The van der Waals surface area contributed by atoms with Gasteiger partial charge in [0.2, 0.25) is 0 Å². The molecule has 3 nitrogen and oxygen atoms in total. The lowest BCUT2D eigenvalue weighted by molar-refractivity contribution is -0.133. The summed E-state index contributed by atoms with van der Waals surface area (Å²) in [7, 11) is 1.25. The predicted octanol–water partition coefficient (Wildman–Crippen LogP) is 2.41. The molecule has 0 aliphatic rings. The third-order valence-corrected chi connectivity index (χ3v) is 1.94. The van der Waals surface area contributed by atoms with Gasteiger partial charge in [-0.3, -0.25) is 0 Å². The Morgan fingerprint density at radius 2 is 2.00 bits per heavy atom. The Labute approximate surface area is 86.6 Å². The molecule has 1 aromatic carbocycles. The van der Waals surface area contributed by atoms with E-state index in [2.05, 4.69) is 4.74 Å². The van der Waals surface area contributed by atoms with Crippen molar-refractivity contribution >= 4 is 23.1 Å². The lowest BCUT2D eigenvalue weighted by Gasteiger charge is -2.03. The first-order valence-electron chi connectivity index (χ1n) is 3.87. The minimum Gasteiger partial charge on any atom is -0.515 e. The van der Waals surface area contributed by atoms with Crippen molar-refractivity contribution in [3.8, 4) is 0 Å². The van der Waals surface area contributed by atoms with E-state index in [0.29, 0.717) is 10.6 Å². The van der Waals surface area contributed by atoms with Crippen molar-refractivity contribution in [2.24, 2.45) is 0 Å². The fourth-order valence-electron chi connectivity index (χ4n) is 0.984. The Morgan fingerprint density at radius 3 is 2.43 bits per heavy atom. The zero-order chi connectivity index (χ0) is 10.6. The summed E-state index contributed by atoms with van der Waals surface area (Å²) in [6, 6.07) is 6.51. The lowest BCUT2D eigenvalue weighted by Crippen LogP contribution is -2.03. The highest BCUT2D eigenvalue weighted by molar-refractivity contribution is 6.30. The second-order valence-electron chi connectivity index (χ2n) is 2.54. The highest BCUT2D eigenvalue weighted by Gasteiger charge is 2.11. The second-order valence-corrected chi connectivity index (χ2v) is 2.98. The van der Waals surface area contributed by atoms with Gasteiger partial charge in [-0.05, 0) is 17.7 Å². The topological polar surface area (TPSA) is 46.5 Å². The van der Waals surface area contributed by atoms with Gasteiger partial charge in [0.1, 0.15) is 5.57 Å². The molecule has 0 radical (unpaired) electrons. The molecule has 0 aliphatic carbocycles. The van der Waals surface area contributed by atoms with Crippen molar-refractivity contribution in [1.29, 1.82) is 0 Å². The molecule has 0 aliphatic heterocycles. The van der Waals surface area contributed by atoms with E-state index in [9.17, 15) is 4.79 Å². The largest absolute Gasteiger partial charge is 0.515 e. The molecule has 0 bridgehead atoms. The first-order valence-corrected chi connectivity index (χ1v) is 4.25. The number of aliphatic hydroxyl groups excluding tert-OH is 1. The number of rotatable bonds is 2. The van der Waals surface area contributed by atoms with Gasteiger partial charge in [0.25, 0.3) is 0 Å². The van der Waals surface area contributed by atoms with Crippen LogP contribution < -0.4 is 0 Å². The van der Waals surface area contributed by atoms with Crippen LogP contribution in [0, 0.1) is 0 Å². The van der Waals surface area contributed by atoms with Crippen LogP contribution in [-0.4, -0.2) is 18.2 Å². The molecule has 4 heteroatoms. The molecule has 0 spiro atoms. The maximum atomic E-state index is 11.1. The molecule has 0 unspecified atom stereocenters. The summed E-state index contributed by atoms with van der Waals surface area (Å²) in [6.07, 6.45) is 0.717. The number of aliphatic hydroxyl groups is 1. The number of hydrogen-bond acceptors (Lipinski definition) is 3. The van der Waals surface area contributed by atoms with Gasteiger partial charge in [-0.25, -0.2) is 4.79 Å². The fourth-order valence-corrected chi connectivity index (χ4v) is 1.11. The predicted molar refractivity (Wildman–Crippen MR) is 54.1 cm³/mol. The van der Waals surface area contributed by atoms with E-state index in [1.165, 1.54) is 7.11 Å². The third-order valence-electron chi connectivity index (χ3n) is 1.69. The van der Waals surface area contributed by atoms with Crippen LogP contribution in [0.25, 0.3) is 5.57 Å². The van der Waals surface area contributed by atoms with Crippen molar-refractivity contribution in [2.75, 3.05) is 7.11 Å². The first-order chi connectivity index (χ1) is 6.69. The van der Waals surface area contributed by atoms with Crippen LogP contribution in [-0.2, 0) is 9.53 Å². The Balaban J connectivity index is 3.03. The van der Waals surface area contributed by atoms with Gasteiger partial charge in [0.15, 0.2) is 0 Å². The number of halogens is 1. The molecule has 0 amide bonds. The van der Waals surface area contributed by atoms with Gasteiger partial charge in [-0.2, -0.15) is 0 Å². The molecule has 74 valence electrons. The van der Waals surface area contributed by atoms with Crippen LogP contribution in [0.3, 0.4) is 0 Å². The molecular formula is C10H9ClO3. The van der Waals surface area contributed by atoms with Crippen LogP contribution in [0.5, 0.6) is 0 Å². The van der Waals surface area contributed by atoms with Crippen molar-refractivity contribution in [3.63, 3.8) is 0 Å². The van der Waals surface area contributed by atoms with Gasteiger partial charge in [-0.15, -0.1) is 0 Å². The van der Waals surface area contributed by atoms with Gasteiger partial charge in [0.05, 0.1) is 13.4 Å². The number of carbonyl (C=O) groups is 1. The summed E-state index contributed by atoms with van der Waals surface area (Å²) in [6.45, 7) is 0. The molecule has 0 fully saturated rings. The Morgan fingerprint density at radius 1 is 1.43 bits per heavy atom. The standard InChI is InChI=1S/C10H9ClO3/c1-14-10(13)9(6-12)7-2-4-8(11)5-3-7/h2-6,12H,1H3/b9-6-. The normalized spacial score (nSPS) is 11.1. The van der Waals surface area contributed by atoms with Crippen molar-refractivity contribution < 1.29 is 14.6 Å². The van der Waals surface area contributed by atoms with Crippen LogP contribution in [0.2, 0.25) is 5.02 Å². The van der Waals surface area contributed by atoms with E-state index in [4.69, 9.17) is 16.7 Å². The molecule has 0 heterocycles. The molecule has 1 N–H and O–H groups in total. The molecule has 0 aromatic heterocycles. The fraction of sp³-hybridized carbons (Fsp3) is 0.100. The van der Waals surface area contributed by atoms with Crippen LogP contribution in [0.4, 0.5) is 0 Å². The molecule has 14 heavy (non-hydrogen) atoms. The zero-order valence-electron chi connectivity index (χ0n) is 7.53. The highest BCUT2D eigenvalue weighted by Crippen LogP contribution is 2.18. The summed E-state index contributed by atoms with van der Waals surface area (Å²) in [5.74, 6) is -0.588. The van der Waals surface area contributed by atoms with Gasteiger partial charge in [-0.1, -0.05) is 23.7 Å². The number of hydrogen-bond donors (Lipinski definition) is 1. The smallest absolute Gasteiger partial charge is 0.341 e. The van der Waals surface area contributed by atoms with Crippen molar-refractivity contribution in [3.05, 3.63) is 41.1 Å². The summed E-state index contributed by atoms with van der Waals surface area (Å²) in [5.41, 5.74) is 0.660. The highest BCUT2D eigenvalue weighted by atomic mass is 35.5. The summed E-state index contributed by atoms with van der Waals surface area (Å²) in [5, 5.41) is 9.42. The first kappa shape index (κ1) is 10.6. The summed E-state index contributed by atoms with van der Waals surface area (Å²) in [4.78, 5) is 11.1. The Hall–Kier alpha value is -1.48. The van der Waals surface area contributed by atoms with E-state index in [1.807, 2.05) is 0 Å². The van der Waals surface area contributed by atoms with E-state index in [-0.39, 0.29) is 5.57 Å². The quantitative estimate of drug-likeness (QED) is 0.465. The molecule has 0 saturated carbocycles. The maximum absolute atomic E-state index is 11.1. The lowest BCUT2D eigenvalue weighted by atomic mass is 10.1. The average Bonchev–Trinajstić information content (AvgIpc) is 2.21. The van der Waals surface area contributed by atoms with Crippen LogP contribution in [0.15, 0.2) is 30.5 Å². The van der Waals surface area contributed by atoms with Crippen LogP contribution >= 0.6 is 11.6 Å². The summed E-state index contributed by atoms with van der Waals surface area (Å²) < 4.78 is 4.49. The van der Waals surface area contributed by atoms with Gasteiger partial charge < -0.3 is 9.84 Å². The van der Waals surface area contributed by atoms with E-state index >= 15 is 0 Å². The van der Waals surface area contributed by atoms with E-state index in [0.717, 1.165) is 6.26 Å². The minimum absolute atomic E-state index is 0.101. The zero-order valence-corrected chi connectivity index (χ0v) is 8.28. The number of methoxy groups -OCH3 is 1. The number of benzene rings is 1. The third kappa shape index (κ3) is 2.26. The maximum Gasteiger partial charge on any atom is 0.341 e. The van der Waals surface area contributed by atoms with Crippen LogP contribution in [0.1, 0.15) is 5.56 Å². The second kappa shape index (κ2) is 4.67. The molecule has 1 aromatic rings. The van der Waals surface area contributed by atoms with Crippen molar-refractivity contribution in [2.45, 2.75) is 0 Å². The minimum atomic E-state index is -0.588. The van der Waals surface area contributed by atoms with Crippen molar-refractivity contribution in [1.82, 2.24) is 0 Å². The monoisotopic (exact) mass is 212 g/mol. The SMILES string of the molecule is COC(=O)/C(=C\O)c1ccc(Cl)cc1. The number of esters is 1.